The molecule has 0 atom stereocenters. The van der Waals surface area contributed by atoms with Gasteiger partial charge < -0.3 is 10.2 Å². The Morgan fingerprint density at radius 2 is 1.81 bits per heavy atom. The molecule has 2 aromatic rings. The van der Waals surface area contributed by atoms with Gasteiger partial charge in [-0.25, -0.2) is 4.98 Å². The van der Waals surface area contributed by atoms with Crippen molar-refractivity contribution in [2.75, 3.05) is 23.8 Å². The summed E-state index contributed by atoms with van der Waals surface area (Å²) < 4.78 is 0. The molecule has 2 rings (SSSR count). The van der Waals surface area contributed by atoms with Crippen LogP contribution in [-0.4, -0.2) is 29.6 Å². The first kappa shape index (κ1) is 15.5. The van der Waals surface area contributed by atoms with Crippen molar-refractivity contribution in [2.24, 2.45) is 0 Å². The first-order valence-electron chi connectivity index (χ1n) is 7.94. The summed E-state index contributed by atoms with van der Waals surface area (Å²) in [5.74, 6) is 1.75. The number of benzene rings is 1. The lowest BCUT2D eigenvalue weighted by atomic mass is 10.1. The van der Waals surface area contributed by atoms with Gasteiger partial charge in [-0.2, -0.15) is 4.98 Å². The van der Waals surface area contributed by atoms with Crippen molar-refractivity contribution in [1.82, 2.24) is 9.97 Å². The molecule has 1 heterocycles. The Labute approximate surface area is 127 Å². The van der Waals surface area contributed by atoms with E-state index < -0.39 is 0 Å². The molecule has 4 nitrogen and oxygen atoms in total. The van der Waals surface area contributed by atoms with Crippen LogP contribution >= 0.6 is 0 Å². The lowest BCUT2D eigenvalue weighted by Gasteiger charge is -2.28. The van der Waals surface area contributed by atoms with Crippen LogP contribution in [0.1, 0.15) is 40.0 Å². The number of hydrogen-bond donors (Lipinski definition) is 1. The van der Waals surface area contributed by atoms with Crippen molar-refractivity contribution in [3.05, 3.63) is 24.3 Å². The van der Waals surface area contributed by atoms with Crippen LogP contribution in [0, 0.1) is 0 Å². The largest absolute Gasteiger partial charge is 0.356 e. The summed E-state index contributed by atoms with van der Waals surface area (Å²) in [7, 11) is 2.13. The van der Waals surface area contributed by atoms with Crippen LogP contribution in [0.5, 0.6) is 0 Å². The van der Waals surface area contributed by atoms with E-state index in [1.807, 2.05) is 6.07 Å². The first-order valence-corrected chi connectivity index (χ1v) is 7.94. The van der Waals surface area contributed by atoms with E-state index >= 15 is 0 Å². The summed E-state index contributed by atoms with van der Waals surface area (Å²) in [5, 5.41) is 4.43. The van der Waals surface area contributed by atoms with Gasteiger partial charge >= 0.3 is 0 Å². The van der Waals surface area contributed by atoms with Crippen LogP contribution in [0.15, 0.2) is 24.3 Å². The molecule has 4 heteroatoms. The summed E-state index contributed by atoms with van der Waals surface area (Å²) >= 11 is 0. The fourth-order valence-electron chi connectivity index (χ4n) is 2.65. The molecule has 0 unspecified atom stereocenters. The average molecular weight is 286 g/mol. The van der Waals surface area contributed by atoms with E-state index in [4.69, 9.17) is 4.98 Å². The van der Waals surface area contributed by atoms with Crippen LogP contribution in [0.4, 0.5) is 11.8 Å². The molecule has 0 spiro atoms. The molecule has 0 amide bonds. The van der Waals surface area contributed by atoms with Gasteiger partial charge in [0.25, 0.3) is 0 Å². The fourth-order valence-corrected chi connectivity index (χ4v) is 2.65. The molecule has 21 heavy (non-hydrogen) atoms. The first-order chi connectivity index (χ1) is 10.2. The molecule has 0 radical (unpaired) electrons. The average Bonchev–Trinajstić information content (AvgIpc) is 2.53. The third-order valence-corrected chi connectivity index (χ3v) is 3.94. The van der Waals surface area contributed by atoms with Gasteiger partial charge in [-0.1, -0.05) is 32.9 Å². The highest BCUT2D eigenvalue weighted by Gasteiger charge is 2.16. The molecule has 1 aromatic carbocycles. The number of hydrogen-bond acceptors (Lipinski definition) is 4. The Hall–Kier alpha value is -1.84. The second kappa shape index (κ2) is 7.25. The minimum absolute atomic E-state index is 0.502. The van der Waals surface area contributed by atoms with Gasteiger partial charge in [0.2, 0.25) is 5.95 Å². The number of para-hydroxylation sites is 1. The zero-order valence-electron chi connectivity index (χ0n) is 13.6. The summed E-state index contributed by atoms with van der Waals surface area (Å²) in [6.45, 7) is 7.49. The predicted molar refractivity (Wildman–Crippen MR) is 91.1 cm³/mol. The van der Waals surface area contributed by atoms with Crippen LogP contribution in [0.25, 0.3) is 10.9 Å². The number of nitrogens with one attached hydrogen (secondary N) is 1. The lowest BCUT2D eigenvalue weighted by Crippen LogP contribution is -2.31. The maximum atomic E-state index is 4.76. The molecule has 0 bridgehead atoms. The Kier molecular flexibility index (Phi) is 5.37. The molecular formula is C17H26N4. The van der Waals surface area contributed by atoms with Crippen LogP contribution < -0.4 is 10.2 Å². The monoisotopic (exact) mass is 286 g/mol. The number of fused-ring (bicyclic) bond motifs is 1. The maximum absolute atomic E-state index is 4.76. The smallest absolute Gasteiger partial charge is 0.225 e. The minimum atomic E-state index is 0.502. The number of rotatable bonds is 7. The van der Waals surface area contributed by atoms with Crippen molar-refractivity contribution in [3.63, 3.8) is 0 Å². The van der Waals surface area contributed by atoms with Crippen molar-refractivity contribution in [3.8, 4) is 0 Å². The summed E-state index contributed by atoms with van der Waals surface area (Å²) in [4.78, 5) is 11.7. The SMILES string of the molecule is CCCNc1nc(N(C)C(CC)CC)c2ccccc2n1. The van der Waals surface area contributed by atoms with E-state index in [-0.39, 0.29) is 0 Å². The third kappa shape index (κ3) is 3.43. The second-order valence-electron chi connectivity index (χ2n) is 5.40. The molecule has 0 aliphatic heterocycles. The highest BCUT2D eigenvalue weighted by Crippen LogP contribution is 2.27. The van der Waals surface area contributed by atoms with Crippen molar-refractivity contribution < 1.29 is 0 Å². The van der Waals surface area contributed by atoms with Gasteiger partial charge in [-0.15, -0.1) is 0 Å². The van der Waals surface area contributed by atoms with Gasteiger partial charge in [0.05, 0.1) is 5.52 Å². The zero-order valence-corrected chi connectivity index (χ0v) is 13.6. The molecule has 1 aromatic heterocycles. The predicted octanol–water partition coefficient (Wildman–Crippen LogP) is 4.08. The van der Waals surface area contributed by atoms with E-state index in [0.717, 1.165) is 48.5 Å². The topological polar surface area (TPSA) is 41.1 Å². The number of aromatic nitrogens is 2. The standard InChI is InChI=1S/C17H26N4/c1-5-12-18-17-19-15-11-9-8-10-14(15)16(20-17)21(4)13(6-2)7-3/h8-11,13H,5-7,12H2,1-4H3,(H,18,19,20). The van der Waals surface area contributed by atoms with Crippen molar-refractivity contribution >= 4 is 22.7 Å². The molecule has 0 aliphatic rings. The van der Waals surface area contributed by atoms with E-state index in [1.54, 1.807) is 0 Å². The number of anilines is 2. The second-order valence-corrected chi connectivity index (χ2v) is 5.40. The maximum Gasteiger partial charge on any atom is 0.225 e. The van der Waals surface area contributed by atoms with Crippen LogP contribution in [0.2, 0.25) is 0 Å². The summed E-state index contributed by atoms with van der Waals surface area (Å²) in [6.07, 6.45) is 3.29. The Balaban J connectivity index is 2.48. The normalized spacial score (nSPS) is 11.1. The van der Waals surface area contributed by atoms with Crippen LogP contribution in [0.3, 0.4) is 0 Å². The molecule has 0 fully saturated rings. The van der Waals surface area contributed by atoms with Gasteiger partial charge in [-0.3, -0.25) is 0 Å². The fraction of sp³-hybridized carbons (Fsp3) is 0.529. The van der Waals surface area contributed by atoms with Crippen molar-refractivity contribution in [2.45, 2.75) is 46.1 Å². The van der Waals surface area contributed by atoms with E-state index in [9.17, 15) is 0 Å². The molecule has 1 N–H and O–H groups in total. The summed E-state index contributed by atoms with van der Waals surface area (Å²) in [5.41, 5.74) is 0.999. The minimum Gasteiger partial charge on any atom is -0.356 e. The van der Waals surface area contributed by atoms with Gasteiger partial charge in [0.15, 0.2) is 0 Å². The van der Waals surface area contributed by atoms with E-state index in [2.05, 4.69) is 61.2 Å². The van der Waals surface area contributed by atoms with Crippen molar-refractivity contribution in [1.29, 1.82) is 0 Å². The molecule has 0 aliphatic carbocycles. The van der Waals surface area contributed by atoms with E-state index in [0.29, 0.717) is 6.04 Å². The highest BCUT2D eigenvalue weighted by molar-refractivity contribution is 5.90. The molecule has 0 saturated heterocycles. The Morgan fingerprint density at radius 3 is 2.48 bits per heavy atom. The Morgan fingerprint density at radius 1 is 1.10 bits per heavy atom. The van der Waals surface area contributed by atoms with Gasteiger partial charge in [0.1, 0.15) is 5.82 Å². The molecular weight excluding hydrogens is 260 g/mol. The Bertz CT molecular complexity index is 578. The molecule has 0 saturated carbocycles. The molecule has 114 valence electrons. The third-order valence-electron chi connectivity index (χ3n) is 3.94. The zero-order chi connectivity index (χ0) is 15.2. The lowest BCUT2D eigenvalue weighted by molar-refractivity contribution is 0.588. The number of nitrogens with zero attached hydrogens (tertiary/aromatic N) is 3. The van der Waals surface area contributed by atoms with Gasteiger partial charge in [-0.05, 0) is 31.4 Å². The quantitative estimate of drug-likeness (QED) is 0.832. The summed E-state index contributed by atoms with van der Waals surface area (Å²) in [6, 6.07) is 8.74. The highest BCUT2D eigenvalue weighted by atomic mass is 15.2. The van der Waals surface area contributed by atoms with Gasteiger partial charge in [0, 0.05) is 25.0 Å². The van der Waals surface area contributed by atoms with Crippen LogP contribution in [-0.2, 0) is 0 Å². The van der Waals surface area contributed by atoms with E-state index in [1.165, 1.54) is 0 Å².